The lowest BCUT2D eigenvalue weighted by Gasteiger charge is -2.00. The molecule has 2 aromatic rings. The van der Waals surface area contributed by atoms with Crippen molar-refractivity contribution in [2.24, 2.45) is 0 Å². The summed E-state index contributed by atoms with van der Waals surface area (Å²) in [5.41, 5.74) is 2.00. The zero-order valence-electron chi connectivity index (χ0n) is 7.74. The van der Waals surface area contributed by atoms with Crippen LogP contribution in [0.5, 0.6) is 0 Å². The van der Waals surface area contributed by atoms with E-state index in [1.165, 1.54) is 0 Å². The van der Waals surface area contributed by atoms with Crippen molar-refractivity contribution in [3.05, 3.63) is 50.3 Å². The molecule has 1 aromatic carbocycles. The Morgan fingerprint density at radius 3 is 2.80 bits per heavy atom. The van der Waals surface area contributed by atoms with Crippen molar-refractivity contribution in [3.8, 4) is 0 Å². The summed E-state index contributed by atoms with van der Waals surface area (Å²) in [7, 11) is 0. The number of hydrogen-bond donors (Lipinski definition) is 1. The van der Waals surface area contributed by atoms with Crippen LogP contribution in [0.25, 0.3) is 12.2 Å². The van der Waals surface area contributed by atoms with Gasteiger partial charge in [0.1, 0.15) is 0 Å². The molecule has 0 aliphatic carbocycles. The maximum Gasteiger partial charge on any atom is 0.0578 e. The molecule has 2 rings (SSSR count). The fourth-order valence-corrected chi connectivity index (χ4v) is 2.28. The molecule has 15 heavy (non-hydrogen) atoms. The van der Waals surface area contributed by atoms with E-state index in [9.17, 15) is 0 Å². The maximum atomic E-state index is 6.09. The maximum absolute atomic E-state index is 6.09. The lowest BCUT2D eigenvalue weighted by atomic mass is 10.2. The molecule has 2 nitrogen and oxygen atoms in total. The van der Waals surface area contributed by atoms with Gasteiger partial charge in [0.2, 0.25) is 0 Å². The standard InChI is InChI=1S/C11H8ClIN2/c12-10-2-1-3-11(13)9(10)5-4-8-6-7-14-15-8/h1-7H,(H,14,15)/b5-4+. The van der Waals surface area contributed by atoms with Crippen LogP contribution >= 0.6 is 34.2 Å². The monoisotopic (exact) mass is 330 g/mol. The Morgan fingerprint density at radius 1 is 1.27 bits per heavy atom. The van der Waals surface area contributed by atoms with Crippen LogP contribution in [-0.4, -0.2) is 10.2 Å². The molecular formula is C11H8ClIN2. The summed E-state index contributed by atoms with van der Waals surface area (Å²) in [6, 6.07) is 7.76. The number of H-pyrrole nitrogens is 1. The molecule has 0 bridgehead atoms. The Balaban J connectivity index is 2.32. The van der Waals surface area contributed by atoms with Gasteiger partial charge in [-0.25, -0.2) is 0 Å². The number of benzene rings is 1. The van der Waals surface area contributed by atoms with Crippen molar-refractivity contribution >= 4 is 46.3 Å². The second-order valence-electron chi connectivity index (χ2n) is 2.98. The van der Waals surface area contributed by atoms with Crippen LogP contribution in [0, 0.1) is 3.57 Å². The molecular weight excluding hydrogens is 322 g/mol. The van der Waals surface area contributed by atoms with Gasteiger partial charge >= 0.3 is 0 Å². The summed E-state index contributed by atoms with van der Waals surface area (Å²) >= 11 is 8.35. The molecule has 0 amide bonds. The first kappa shape index (κ1) is 10.7. The summed E-state index contributed by atoms with van der Waals surface area (Å²) in [5, 5.41) is 7.49. The van der Waals surface area contributed by atoms with E-state index in [4.69, 9.17) is 11.6 Å². The van der Waals surface area contributed by atoms with Gasteiger partial charge in [0.25, 0.3) is 0 Å². The van der Waals surface area contributed by atoms with Crippen molar-refractivity contribution in [2.75, 3.05) is 0 Å². The highest BCUT2D eigenvalue weighted by Gasteiger charge is 2.00. The number of rotatable bonds is 2. The molecule has 0 spiro atoms. The predicted molar refractivity (Wildman–Crippen MR) is 71.7 cm³/mol. The Kier molecular flexibility index (Phi) is 3.43. The third kappa shape index (κ3) is 2.60. The lowest BCUT2D eigenvalue weighted by Crippen LogP contribution is -1.81. The number of nitrogens with one attached hydrogen (secondary N) is 1. The fraction of sp³-hybridized carbons (Fsp3) is 0. The van der Waals surface area contributed by atoms with Crippen LogP contribution in [0.1, 0.15) is 11.3 Å². The fourth-order valence-electron chi connectivity index (χ4n) is 1.20. The minimum absolute atomic E-state index is 0.762. The Morgan fingerprint density at radius 2 is 2.13 bits per heavy atom. The number of nitrogens with zero attached hydrogens (tertiary/aromatic N) is 1. The molecule has 1 N–H and O–H groups in total. The lowest BCUT2D eigenvalue weighted by molar-refractivity contribution is 1.08. The molecule has 0 fully saturated rings. The van der Waals surface area contributed by atoms with E-state index in [1.807, 2.05) is 36.4 Å². The van der Waals surface area contributed by atoms with Crippen molar-refractivity contribution in [1.82, 2.24) is 10.2 Å². The number of aromatic nitrogens is 2. The summed E-state index contributed by atoms with van der Waals surface area (Å²) in [6.07, 6.45) is 5.66. The van der Waals surface area contributed by atoms with E-state index < -0.39 is 0 Å². The average Bonchev–Trinajstić information content (AvgIpc) is 2.70. The molecule has 1 aromatic heterocycles. The molecule has 0 saturated carbocycles. The van der Waals surface area contributed by atoms with E-state index in [-0.39, 0.29) is 0 Å². The summed E-state index contributed by atoms with van der Waals surface area (Å²) < 4.78 is 1.14. The quantitative estimate of drug-likeness (QED) is 0.833. The largest absolute Gasteiger partial charge is 0.278 e. The van der Waals surface area contributed by atoms with Crippen LogP contribution in [-0.2, 0) is 0 Å². The Labute approximate surface area is 106 Å². The highest BCUT2D eigenvalue weighted by molar-refractivity contribution is 14.1. The number of hydrogen-bond acceptors (Lipinski definition) is 1. The topological polar surface area (TPSA) is 28.7 Å². The van der Waals surface area contributed by atoms with Gasteiger partial charge in [0.15, 0.2) is 0 Å². The average molecular weight is 331 g/mol. The molecule has 0 saturated heterocycles. The van der Waals surface area contributed by atoms with E-state index >= 15 is 0 Å². The van der Waals surface area contributed by atoms with Crippen LogP contribution < -0.4 is 0 Å². The van der Waals surface area contributed by atoms with Crippen LogP contribution in [0.15, 0.2) is 30.5 Å². The summed E-state index contributed by atoms with van der Waals surface area (Å²) in [5.74, 6) is 0. The molecule has 0 aliphatic heterocycles. The second-order valence-corrected chi connectivity index (χ2v) is 4.55. The molecule has 0 aliphatic rings. The van der Waals surface area contributed by atoms with Gasteiger partial charge in [0.05, 0.1) is 5.69 Å². The minimum Gasteiger partial charge on any atom is -0.278 e. The highest BCUT2D eigenvalue weighted by atomic mass is 127. The van der Waals surface area contributed by atoms with Gasteiger partial charge < -0.3 is 0 Å². The zero-order valence-corrected chi connectivity index (χ0v) is 10.7. The summed E-state index contributed by atoms with van der Waals surface area (Å²) in [6.45, 7) is 0. The normalized spacial score (nSPS) is 11.1. The van der Waals surface area contributed by atoms with Crippen LogP contribution in [0.4, 0.5) is 0 Å². The smallest absolute Gasteiger partial charge is 0.0578 e. The Hall–Kier alpha value is -0.810. The minimum atomic E-state index is 0.762. The van der Waals surface area contributed by atoms with Gasteiger partial charge in [-0.15, -0.1) is 0 Å². The molecule has 0 atom stereocenters. The SMILES string of the molecule is Clc1cccc(I)c1/C=C/c1ccn[nH]1. The molecule has 0 unspecified atom stereocenters. The second kappa shape index (κ2) is 4.81. The van der Waals surface area contributed by atoms with Crippen LogP contribution in [0.3, 0.4) is 0 Å². The van der Waals surface area contributed by atoms with Gasteiger partial charge in [-0.1, -0.05) is 23.7 Å². The van der Waals surface area contributed by atoms with E-state index in [1.54, 1.807) is 6.20 Å². The van der Waals surface area contributed by atoms with Gasteiger partial charge in [0, 0.05) is 20.4 Å². The Bertz CT molecular complexity index is 457. The number of aromatic amines is 1. The van der Waals surface area contributed by atoms with Gasteiger partial charge in [-0.05, 0) is 46.9 Å². The van der Waals surface area contributed by atoms with Crippen molar-refractivity contribution in [1.29, 1.82) is 0 Å². The highest BCUT2D eigenvalue weighted by Crippen LogP contribution is 2.23. The van der Waals surface area contributed by atoms with Crippen molar-refractivity contribution < 1.29 is 0 Å². The molecule has 4 heteroatoms. The third-order valence-corrected chi connectivity index (χ3v) is 3.22. The van der Waals surface area contributed by atoms with E-state index in [0.717, 1.165) is 19.9 Å². The zero-order chi connectivity index (χ0) is 10.7. The molecule has 0 radical (unpaired) electrons. The van der Waals surface area contributed by atoms with Crippen molar-refractivity contribution in [2.45, 2.75) is 0 Å². The molecule has 76 valence electrons. The van der Waals surface area contributed by atoms with Crippen molar-refractivity contribution in [3.63, 3.8) is 0 Å². The third-order valence-electron chi connectivity index (χ3n) is 1.95. The first-order valence-electron chi connectivity index (χ1n) is 4.39. The first-order chi connectivity index (χ1) is 7.27. The number of halogens is 2. The predicted octanol–water partition coefficient (Wildman–Crippen LogP) is 3.84. The van der Waals surface area contributed by atoms with E-state index in [2.05, 4.69) is 32.8 Å². The van der Waals surface area contributed by atoms with Gasteiger partial charge in [-0.2, -0.15) is 5.10 Å². The van der Waals surface area contributed by atoms with E-state index in [0.29, 0.717) is 0 Å². The van der Waals surface area contributed by atoms with Crippen LogP contribution in [0.2, 0.25) is 5.02 Å². The molecule has 1 heterocycles. The van der Waals surface area contributed by atoms with Gasteiger partial charge in [-0.3, -0.25) is 5.10 Å². The summed E-state index contributed by atoms with van der Waals surface area (Å²) in [4.78, 5) is 0. The first-order valence-corrected chi connectivity index (χ1v) is 5.84.